The number of hydrogen-bond donors (Lipinski definition) is 1. The first-order valence-electron chi connectivity index (χ1n) is 7.50. The van der Waals surface area contributed by atoms with Gasteiger partial charge in [-0.05, 0) is 46.3 Å². The third-order valence-corrected chi connectivity index (χ3v) is 5.04. The van der Waals surface area contributed by atoms with E-state index in [0.717, 1.165) is 25.6 Å². The summed E-state index contributed by atoms with van der Waals surface area (Å²) >= 11 is 0. The Morgan fingerprint density at radius 2 is 1.89 bits per heavy atom. The Kier molecular flexibility index (Phi) is 7.32. The molecule has 0 aromatic carbocycles. The number of rotatable bonds is 8. The fourth-order valence-corrected chi connectivity index (χ4v) is 3.92. The zero-order chi connectivity index (χ0) is 14.3. The molecule has 1 aliphatic carbocycles. The van der Waals surface area contributed by atoms with Gasteiger partial charge in [-0.3, -0.25) is 0 Å². The first kappa shape index (κ1) is 16.9. The lowest BCUT2D eigenvalue weighted by molar-refractivity contribution is 0.189. The van der Waals surface area contributed by atoms with E-state index in [1.54, 1.807) is 0 Å². The molecule has 0 amide bonds. The van der Waals surface area contributed by atoms with Crippen LogP contribution in [-0.2, 0) is 9.84 Å². The molecule has 0 aliphatic heterocycles. The Labute approximate surface area is 118 Å². The van der Waals surface area contributed by atoms with Crippen LogP contribution in [0.4, 0.5) is 0 Å². The summed E-state index contributed by atoms with van der Waals surface area (Å²) < 4.78 is 22.3. The van der Waals surface area contributed by atoms with Crippen LogP contribution in [0.2, 0.25) is 0 Å². The second-order valence-corrected chi connectivity index (χ2v) is 8.26. The molecule has 0 aromatic rings. The van der Waals surface area contributed by atoms with Gasteiger partial charge in [-0.2, -0.15) is 0 Å². The predicted octanol–water partition coefficient (Wildman–Crippen LogP) is 1.66. The summed E-state index contributed by atoms with van der Waals surface area (Å²) in [4.78, 5) is 2.47. The van der Waals surface area contributed by atoms with Crippen LogP contribution in [0.3, 0.4) is 0 Å². The Bertz CT molecular complexity index is 337. The van der Waals surface area contributed by atoms with Crippen molar-refractivity contribution in [3.63, 3.8) is 0 Å². The van der Waals surface area contributed by atoms with Gasteiger partial charge in [0.2, 0.25) is 0 Å². The van der Waals surface area contributed by atoms with E-state index in [-0.39, 0.29) is 11.8 Å². The fourth-order valence-electron chi connectivity index (χ4n) is 2.89. The molecule has 114 valence electrons. The summed E-state index contributed by atoms with van der Waals surface area (Å²) in [7, 11) is -0.649. The van der Waals surface area contributed by atoms with Crippen molar-refractivity contribution in [1.82, 2.24) is 10.2 Å². The molecule has 1 fully saturated rings. The van der Waals surface area contributed by atoms with E-state index in [0.29, 0.717) is 0 Å². The van der Waals surface area contributed by atoms with Crippen LogP contribution in [0.15, 0.2) is 0 Å². The van der Waals surface area contributed by atoms with Gasteiger partial charge in [-0.25, -0.2) is 8.42 Å². The van der Waals surface area contributed by atoms with Crippen molar-refractivity contribution in [2.45, 2.75) is 57.5 Å². The molecule has 1 atom stereocenters. The van der Waals surface area contributed by atoms with E-state index in [1.165, 1.54) is 38.4 Å². The number of sulfone groups is 1. The summed E-state index contributed by atoms with van der Waals surface area (Å²) in [6, 6.07) is 0.817. The topological polar surface area (TPSA) is 49.4 Å². The average molecular weight is 290 g/mol. The molecule has 0 spiro atoms. The maximum atomic E-state index is 11.1. The quantitative estimate of drug-likeness (QED) is 0.691. The van der Waals surface area contributed by atoms with Gasteiger partial charge in [0.25, 0.3) is 0 Å². The lowest BCUT2D eigenvalue weighted by Crippen LogP contribution is -2.37. The van der Waals surface area contributed by atoms with Gasteiger partial charge >= 0.3 is 0 Å². The summed E-state index contributed by atoms with van der Waals surface area (Å²) in [5, 5.41) is 3.29. The predicted molar refractivity (Wildman–Crippen MR) is 81.3 cm³/mol. The minimum absolute atomic E-state index is 0.0509. The van der Waals surface area contributed by atoms with Gasteiger partial charge in [-0.15, -0.1) is 0 Å². The average Bonchev–Trinajstić information content (AvgIpc) is 2.33. The van der Waals surface area contributed by atoms with Crippen LogP contribution in [-0.4, -0.2) is 57.5 Å². The van der Waals surface area contributed by atoms with Crippen molar-refractivity contribution in [2.75, 3.05) is 32.1 Å². The molecule has 1 saturated carbocycles. The summed E-state index contributed by atoms with van der Waals surface area (Å²) in [6.07, 6.45) is 9.21. The molecule has 1 N–H and O–H groups in total. The third-order valence-electron chi connectivity index (χ3n) is 3.93. The maximum Gasteiger partial charge on any atom is 0.148 e. The highest BCUT2D eigenvalue weighted by Crippen LogP contribution is 2.21. The number of hydrogen-bond acceptors (Lipinski definition) is 4. The monoisotopic (exact) mass is 290 g/mol. The second kappa shape index (κ2) is 8.22. The van der Waals surface area contributed by atoms with Crippen molar-refractivity contribution >= 4 is 9.84 Å². The molecule has 0 bridgehead atoms. The third kappa shape index (κ3) is 7.90. The van der Waals surface area contributed by atoms with Crippen LogP contribution in [0.25, 0.3) is 0 Å². The van der Waals surface area contributed by atoms with Gasteiger partial charge in [0.15, 0.2) is 0 Å². The molecule has 4 nitrogen and oxygen atoms in total. The van der Waals surface area contributed by atoms with E-state index in [2.05, 4.69) is 17.3 Å². The normalized spacial score (nSPS) is 19.8. The van der Waals surface area contributed by atoms with E-state index in [9.17, 15) is 8.42 Å². The Hall–Kier alpha value is -0.130. The van der Waals surface area contributed by atoms with Crippen LogP contribution in [0, 0.1) is 0 Å². The second-order valence-electron chi connectivity index (χ2n) is 6.07. The van der Waals surface area contributed by atoms with Crippen molar-refractivity contribution in [3.05, 3.63) is 0 Å². The minimum Gasteiger partial charge on any atom is -0.313 e. The zero-order valence-electron chi connectivity index (χ0n) is 12.7. The lowest BCUT2D eigenvalue weighted by Gasteiger charge is -2.31. The molecule has 0 aromatic heterocycles. The summed E-state index contributed by atoms with van der Waals surface area (Å²) in [6.45, 7) is 3.93. The van der Waals surface area contributed by atoms with Crippen LogP contribution in [0.5, 0.6) is 0 Å². The Balaban J connectivity index is 2.09. The highest BCUT2D eigenvalue weighted by atomic mass is 32.2. The highest BCUT2D eigenvalue weighted by molar-refractivity contribution is 7.90. The van der Waals surface area contributed by atoms with Crippen LogP contribution in [0.1, 0.15) is 45.4 Å². The molecular formula is C14H30N2O2S. The molecule has 1 rings (SSSR count). The molecule has 0 saturated heterocycles. The van der Waals surface area contributed by atoms with Gasteiger partial charge in [0, 0.05) is 18.3 Å². The summed E-state index contributed by atoms with van der Waals surface area (Å²) in [5.74, 6) is 0.228. The lowest BCUT2D eigenvalue weighted by atomic mass is 9.94. The Morgan fingerprint density at radius 3 is 2.47 bits per heavy atom. The number of nitrogens with one attached hydrogen (secondary N) is 1. The van der Waals surface area contributed by atoms with Crippen LogP contribution < -0.4 is 5.32 Å². The van der Waals surface area contributed by atoms with Gasteiger partial charge < -0.3 is 10.2 Å². The standard InChI is InChI=1S/C14H30N2O2S/c1-13(12-19(3,17)18)15-10-7-11-16(2)14-8-5-4-6-9-14/h13-15H,4-12H2,1-3H3. The van der Waals surface area contributed by atoms with Crippen molar-refractivity contribution in [2.24, 2.45) is 0 Å². The van der Waals surface area contributed by atoms with Gasteiger partial charge in [-0.1, -0.05) is 19.3 Å². The van der Waals surface area contributed by atoms with Crippen LogP contribution >= 0.6 is 0 Å². The highest BCUT2D eigenvalue weighted by Gasteiger charge is 2.17. The van der Waals surface area contributed by atoms with Crippen molar-refractivity contribution in [3.8, 4) is 0 Å². The van der Waals surface area contributed by atoms with Crippen molar-refractivity contribution in [1.29, 1.82) is 0 Å². The molecule has 5 heteroatoms. The van der Waals surface area contributed by atoms with E-state index in [1.807, 2.05) is 6.92 Å². The maximum absolute atomic E-state index is 11.1. The SMILES string of the molecule is CC(CS(C)(=O)=O)NCCCN(C)C1CCCCC1. The largest absolute Gasteiger partial charge is 0.313 e. The Morgan fingerprint density at radius 1 is 1.26 bits per heavy atom. The molecule has 19 heavy (non-hydrogen) atoms. The smallest absolute Gasteiger partial charge is 0.148 e. The van der Waals surface area contributed by atoms with E-state index in [4.69, 9.17) is 0 Å². The first-order valence-corrected chi connectivity index (χ1v) is 9.56. The van der Waals surface area contributed by atoms with E-state index >= 15 is 0 Å². The molecule has 0 heterocycles. The first-order chi connectivity index (χ1) is 8.88. The van der Waals surface area contributed by atoms with E-state index < -0.39 is 9.84 Å². The fraction of sp³-hybridized carbons (Fsp3) is 1.00. The molecule has 1 unspecified atom stereocenters. The molecule has 0 radical (unpaired) electrons. The number of nitrogens with zero attached hydrogens (tertiary/aromatic N) is 1. The van der Waals surface area contributed by atoms with Crippen molar-refractivity contribution < 1.29 is 8.42 Å². The van der Waals surface area contributed by atoms with Gasteiger partial charge in [0.05, 0.1) is 5.75 Å². The molecule has 1 aliphatic rings. The van der Waals surface area contributed by atoms with Gasteiger partial charge in [0.1, 0.15) is 9.84 Å². The minimum atomic E-state index is -2.87. The summed E-state index contributed by atoms with van der Waals surface area (Å²) in [5.41, 5.74) is 0. The zero-order valence-corrected chi connectivity index (χ0v) is 13.5. The molecular weight excluding hydrogens is 260 g/mol.